The van der Waals surface area contributed by atoms with Gasteiger partial charge in [0.25, 0.3) is 5.91 Å². The monoisotopic (exact) mass is 342 g/mol. The van der Waals surface area contributed by atoms with Crippen molar-refractivity contribution in [1.82, 2.24) is 10.5 Å². The number of rotatable bonds is 7. The highest BCUT2D eigenvalue weighted by molar-refractivity contribution is 5.92. The Morgan fingerprint density at radius 1 is 1.20 bits per heavy atom. The molecule has 0 fully saturated rings. The molecule has 2 aromatic heterocycles. The summed E-state index contributed by atoms with van der Waals surface area (Å²) in [5.74, 6) is 1.24. The Kier molecular flexibility index (Phi) is 5.15. The van der Waals surface area contributed by atoms with E-state index in [-0.39, 0.29) is 24.2 Å². The molecule has 0 spiro atoms. The van der Waals surface area contributed by atoms with Gasteiger partial charge in [0.15, 0.2) is 11.5 Å². The zero-order chi connectivity index (χ0) is 17.6. The maximum atomic E-state index is 12.3. The molecule has 1 atom stereocenters. The molecule has 0 aliphatic carbocycles. The molecule has 3 rings (SSSR count). The van der Waals surface area contributed by atoms with Crippen molar-refractivity contribution in [2.75, 3.05) is 20.8 Å². The van der Waals surface area contributed by atoms with Gasteiger partial charge in [-0.2, -0.15) is 0 Å². The lowest BCUT2D eigenvalue weighted by molar-refractivity contribution is 0.0813. The number of hydrogen-bond donors (Lipinski definition) is 1. The summed E-state index contributed by atoms with van der Waals surface area (Å²) in [7, 11) is 3.17. The van der Waals surface area contributed by atoms with Crippen molar-refractivity contribution in [3.05, 3.63) is 60.0 Å². The number of carbonyl (C=O) groups excluding carboxylic acids is 1. The molecule has 130 valence electrons. The molecule has 0 radical (unpaired) electrons. The van der Waals surface area contributed by atoms with Crippen LogP contribution in [-0.2, 0) is 4.74 Å². The van der Waals surface area contributed by atoms with E-state index >= 15 is 0 Å². The topological polar surface area (TPSA) is 86.7 Å². The van der Waals surface area contributed by atoms with Gasteiger partial charge in [-0.25, -0.2) is 0 Å². The van der Waals surface area contributed by atoms with Gasteiger partial charge in [0.2, 0.25) is 5.76 Å². The van der Waals surface area contributed by atoms with E-state index in [4.69, 9.17) is 18.4 Å². The summed E-state index contributed by atoms with van der Waals surface area (Å²) < 4.78 is 21.2. The third kappa shape index (κ3) is 3.72. The molecule has 0 saturated carbocycles. The van der Waals surface area contributed by atoms with Gasteiger partial charge in [-0.1, -0.05) is 23.4 Å². The van der Waals surface area contributed by atoms with Gasteiger partial charge in [0.1, 0.15) is 11.9 Å². The Morgan fingerprint density at radius 3 is 2.76 bits per heavy atom. The number of aromatic nitrogens is 1. The van der Waals surface area contributed by atoms with Crippen LogP contribution in [0.3, 0.4) is 0 Å². The largest absolute Gasteiger partial charge is 0.496 e. The Balaban J connectivity index is 1.66. The summed E-state index contributed by atoms with van der Waals surface area (Å²) in [5, 5.41) is 6.56. The smallest absolute Gasteiger partial charge is 0.273 e. The molecule has 7 heteroatoms. The second kappa shape index (κ2) is 7.67. The van der Waals surface area contributed by atoms with E-state index in [9.17, 15) is 4.79 Å². The van der Waals surface area contributed by atoms with Crippen LogP contribution >= 0.6 is 0 Å². The van der Waals surface area contributed by atoms with Crippen molar-refractivity contribution in [3.8, 4) is 17.3 Å². The van der Waals surface area contributed by atoms with Gasteiger partial charge in [-0.05, 0) is 18.2 Å². The van der Waals surface area contributed by atoms with Crippen molar-refractivity contribution < 1.29 is 23.2 Å². The highest BCUT2D eigenvalue weighted by Gasteiger charge is 2.19. The standard InChI is InChI=1S/C18H18N2O5/c1-22-14-7-4-3-6-12(14)17(23-2)11-19-18(21)13-10-16(25-20-13)15-8-5-9-24-15/h3-10,17H,11H2,1-2H3,(H,19,21). The van der Waals surface area contributed by atoms with E-state index in [0.29, 0.717) is 17.3 Å². The maximum absolute atomic E-state index is 12.3. The molecule has 0 aliphatic rings. The van der Waals surface area contributed by atoms with E-state index < -0.39 is 0 Å². The molecular weight excluding hydrogens is 324 g/mol. The van der Waals surface area contributed by atoms with Crippen LogP contribution in [-0.4, -0.2) is 31.8 Å². The van der Waals surface area contributed by atoms with Gasteiger partial charge in [0, 0.05) is 25.3 Å². The lowest BCUT2D eigenvalue weighted by Crippen LogP contribution is -2.29. The van der Waals surface area contributed by atoms with E-state index in [2.05, 4.69) is 10.5 Å². The molecular formula is C18H18N2O5. The average molecular weight is 342 g/mol. The predicted octanol–water partition coefficient (Wildman–Crippen LogP) is 3.06. The van der Waals surface area contributed by atoms with E-state index in [1.54, 1.807) is 26.4 Å². The minimum absolute atomic E-state index is 0.168. The molecule has 7 nitrogen and oxygen atoms in total. The van der Waals surface area contributed by atoms with E-state index in [1.165, 1.54) is 12.3 Å². The fraction of sp³-hybridized carbons (Fsp3) is 0.222. The minimum atomic E-state index is -0.362. The number of ether oxygens (including phenoxy) is 2. The summed E-state index contributed by atoms with van der Waals surface area (Å²) in [6, 6.07) is 12.5. The van der Waals surface area contributed by atoms with Crippen LogP contribution in [0.2, 0.25) is 0 Å². The Labute approximate surface area is 144 Å². The minimum Gasteiger partial charge on any atom is -0.496 e. The highest BCUT2D eigenvalue weighted by atomic mass is 16.5. The third-order valence-electron chi connectivity index (χ3n) is 3.73. The third-order valence-corrected chi connectivity index (χ3v) is 3.73. The average Bonchev–Trinajstić information content (AvgIpc) is 3.33. The molecule has 0 aliphatic heterocycles. The maximum Gasteiger partial charge on any atom is 0.273 e. The summed E-state index contributed by atoms with van der Waals surface area (Å²) in [4.78, 5) is 12.3. The Hall–Kier alpha value is -3.06. The van der Waals surface area contributed by atoms with Gasteiger partial charge in [0.05, 0.1) is 13.4 Å². The molecule has 1 unspecified atom stereocenters. The number of para-hydroxylation sites is 1. The van der Waals surface area contributed by atoms with Crippen molar-refractivity contribution in [3.63, 3.8) is 0 Å². The number of amides is 1. The molecule has 1 amide bonds. The number of methoxy groups -OCH3 is 2. The van der Waals surface area contributed by atoms with Gasteiger partial charge in [-0.15, -0.1) is 0 Å². The molecule has 3 aromatic rings. The zero-order valence-electron chi connectivity index (χ0n) is 13.9. The van der Waals surface area contributed by atoms with Crippen LogP contribution in [0.15, 0.2) is 57.7 Å². The second-order valence-electron chi connectivity index (χ2n) is 5.23. The lowest BCUT2D eigenvalue weighted by Gasteiger charge is -2.18. The van der Waals surface area contributed by atoms with Crippen molar-refractivity contribution in [2.45, 2.75) is 6.10 Å². The first kappa shape index (κ1) is 16.8. The Bertz CT molecular complexity index is 826. The van der Waals surface area contributed by atoms with Crippen molar-refractivity contribution in [1.29, 1.82) is 0 Å². The molecule has 25 heavy (non-hydrogen) atoms. The molecule has 0 bridgehead atoms. The van der Waals surface area contributed by atoms with Gasteiger partial charge in [-0.3, -0.25) is 4.79 Å². The number of hydrogen-bond acceptors (Lipinski definition) is 6. The van der Waals surface area contributed by atoms with Crippen LogP contribution in [0, 0.1) is 0 Å². The second-order valence-corrected chi connectivity index (χ2v) is 5.23. The first-order valence-electron chi connectivity index (χ1n) is 7.67. The quantitative estimate of drug-likeness (QED) is 0.710. The molecule has 1 N–H and O–H groups in total. The van der Waals surface area contributed by atoms with Crippen LogP contribution in [0.5, 0.6) is 5.75 Å². The molecule has 0 saturated heterocycles. The van der Waals surface area contributed by atoms with Crippen molar-refractivity contribution in [2.24, 2.45) is 0 Å². The van der Waals surface area contributed by atoms with Crippen LogP contribution in [0.1, 0.15) is 22.2 Å². The summed E-state index contributed by atoms with van der Waals surface area (Å²) in [6.45, 7) is 0.263. The molecule has 1 aromatic carbocycles. The van der Waals surface area contributed by atoms with Crippen LogP contribution in [0.25, 0.3) is 11.5 Å². The number of nitrogens with one attached hydrogen (secondary N) is 1. The SMILES string of the molecule is COc1ccccc1C(CNC(=O)c1cc(-c2ccco2)on1)OC. The molecule has 2 heterocycles. The lowest BCUT2D eigenvalue weighted by atomic mass is 10.1. The van der Waals surface area contributed by atoms with Crippen molar-refractivity contribution >= 4 is 5.91 Å². The zero-order valence-corrected chi connectivity index (χ0v) is 13.9. The van der Waals surface area contributed by atoms with Crippen LogP contribution in [0.4, 0.5) is 0 Å². The van der Waals surface area contributed by atoms with E-state index in [1.807, 2.05) is 24.3 Å². The first-order valence-corrected chi connectivity index (χ1v) is 7.67. The number of furan rings is 1. The van der Waals surface area contributed by atoms with E-state index in [0.717, 1.165) is 5.56 Å². The summed E-state index contributed by atoms with van der Waals surface area (Å²) in [6.07, 6.45) is 1.17. The fourth-order valence-corrected chi connectivity index (χ4v) is 2.45. The van der Waals surface area contributed by atoms with Gasteiger partial charge < -0.3 is 23.7 Å². The summed E-state index contributed by atoms with van der Waals surface area (Å²) >= 11 is 0. The highest BCUT2D eigenvalue weighted by Crippen LogP contribution is 2.26. The fourth-order valence-electron chi connectivity index (χ4n) is 2.45. The van der Waals surface area contributed by atoms with Gasteiger partial charge >= 0.3 is 0 Å². The Morgan fingerprint density at radius 2 is 2.04 bits per heavy atom. The number of nitrogens with zero attached hydrogens (tertiary/aromatic N) is 1. The van der Waals surface area contributed by atoms with Crippen LogP contribution < -0.4 is 10.1 Å². The predicted molar refractivity (Wildman–Crippen MR) is 89.3 cm³/mol. The first-order chi connectivity index (χ1) is 12.2. The summed E-state index contributed by atoms with van der Waals surface area (Å²) in [5.41, 5.74) is 1.02. The number of benzene rings is 1. The number of carbonyl (C=O) groups is 1. The normalized spacial score (nSPS) is 11.9.